The van der Waals surface area contributed by atoms with E-state index in [4.69, 9.17) is 4.74 Å². The van der Waals surface area contributed by atoms with Gasteiger partial charge in [0.25, 0.3) is 11.8 Å². The number of esters is 1. The third-order valence-electron chi connectivity index (χ3n) is 5.30. The second kappa shape index (κ2) is 7.26. The Morgan fingerprint density at radius 1 is 1.32 bits per heavy atom. The van der Waals surface area contributed by atoms with Crippen molar-refractivity contribution in [2.75, 3.05) is 11.9 Å². The number of amides is 4. The third kappa shape index (κ3) is 3.85. The molecule has 28 heavy (non-hydrogen) atoms. The largest absolute Gasteiger partial charge is 0.451 e. The Morgan fingerprint density at radius 2 is 2.00 bits per heavy atom. The molecule has 1 saturated heterocycles. The second-order valence-electron chi connectivity index (χ2n) is 7.74. The quantitative estimate of drug-likeness (QED) is 0.573. The number of benzene rings is 1. The van der Waals surface area contributed by atoms with E-state index in [1.165, 1.54) is 6.92 Å². The number of nitrogens with zero attached hydrogens (tertiary/aromatic N) is 1. The number of carbonyl (C=O) groups excluding carboxylic acids is 4. The van der Waals surface area contributed by atoms with Gasteiger partial charge in [-0.1, -0.05) is 17.7 Å². The maximum Gasteiger partial charge on any atom is 0.327 e. The monoisotopic (exact) mass is 387 g/mol. The first-order chi connectivity index (χ1) is 13.1. The molecule has 1 saturated carbocycles. The highest BCUT2D eigenvalue weighted by Gasteiger charge is 2.56. The van der Waals surface area contributed by atoms with Crippen molar-refractivity contribution in [2.24, 2.45) is 5.92 Å². The van der Waals surface area contributed by atoms with E-state index >= 15 is 0 Å². The predicted octanol–water partition coefficient (Wildman–Crippen LogP) is 1.89. The second-order valence-corrected chi connectivity index (χ2v) is 7.74. The van der Waals surface area contributed by atoms with Crippen LogP contribution in [0.25, 0.3) is 0 Å². The van der Waals surface area contributed by atoms with Crippen molar-refractivity contribution in [1.82, 2.24) is 10.2 Å². The van der Waals surface area contributed by atoms with Gasteiger partial charge in [0.15, 0.2) is 6.10 Å². The fourth-order valence-electron chi connectivity index (χ4n) is 3.40. The molecular formula is C20H25N3O5. The third-order valence-corrected chi connectivity index (χ3v) is 5.30. The highest BCUT2D eigenvalue weighted by atomic mass is 16.5. The summed E-state index contributed by atoms with van der Waals surface area (Å²) in [5.74, 6) is -1.62. The number of hydrogen-bond acceptors (Lipinski definition) is 5. The molecule has 2 N–H and O–H groups in total. The van der Waals surface area contributed by atoms with E-state index in [-0.39, 0.29) is 5.92 Å². The van der Waals surface area contributed by atoms with Crippen LogP contribution in [0.3, 0.4) is 0 Å². The van der Waals surface area contributed by atoms with Crippen LogP contribution in [0.15, 0.2) is 18.2 Å². The van der Waals surface area contributed by atoms with E-state index < -0.39 is 42.0 Å². The summed E-state index contributed by atoms with van der Waals surface area (Å²) in [6, 6.07) is 4.97. The Bertz CT molecular complexity index is 848. The van der Waals surface area contributed by atoms with Crippen LogP contribution in [0.5, 0.6) is 0 Å². The summed E-state index contributed by atoms with van der Waals surface area (Å²) in [5.41, 5.74) is 1.64. The molecule has 1 heterocycles. The molecule has 0 unspecified atom stereocenters. The van der Waals surface area contributed by atoms with Gasteiger partial charge in [0, 0.05) is 5.69 Å². The van der Waals surface area contributed by atoms with Crippen LogP contribution < -0.4 is 10.6 Å². The Labute approximate surface area is 163 Å². The lowest BCUT2D eigenvalue weighted by molar-refractivity contribution is -0.155. The first-order valence-corrected chi connectivity index (χ1v) is 9.33. The van der Waals surface area contributed by atoms with Gasteiger partial charge in [-0.05, 0) is 58.1 Å². The number of imide groups is 1. The number of hydrogen-bond donors (Lipinski definition) is 2. The maximum atomic E-state index is 12.5. The van der Waals surface area contributed by atoms with Gasteiger partial charge in [-0.3, -0.25) is 19.3 Å². The summed E-state index contributed by atoms with van der Waals surface area (Å²) in [4.78, 5) is 50.0. The average Bonchev–Trinajstić information content (AvgIpc) is 3.43. The first-order valence-electron chi connectivity index (χ1n) is 9.33. The highest BCUT2D eigenvalue weighted by molar-refractivity contribution is 6.09. The molecule has 0 radical (unpaired) electrons. The predicted molar refractivity (Wildman–Crippen MR) is 101 cm³/mol. The summed E-state index contributed by atoms with van der Waals surface area (Å²) >= 11 is 0. The van der Waals surface area contributed by atoms with Crippen molar-refractivity contribution in [3.63, 3.8) is 0 Å². The van der Waals surface area contributed by atoms with E-state index in [0.29, 0.717) is 5.69 Å². The molecule has 0 bridgehead atoms. The molecule has 150 valence electrons. The fourth-order valence-corrected chi connectivity index (χ4v) is 3.40. The minimum absolute atomic E-state index is 0.104. The van der Waals surface area contributed by atoms with E-state index in [0.717, 1.165) is 28.9 Å². The minimum Gasteiger partial charge on any atom is -0.451 e. The first kappa shape index (κ1) is 19.9. The van der Waals surface area contributed by atoms with Crippen LogP contribution in [0, 0.1) is 19.8 Å². The zero-order valence-corrected chi connectivity index (χ0v) is 16.5. The number of carbonyl (C=O) groups is 4. The molecule has 1 aliphatic heterocycles. The molecule has 0 spiro atoms. The molecule has 4 amide bonds. The van der Waals surface area contributed by atoms with Crippen LogP contribution in [0.2, 0.25) is 0 Å². The average molecular weight is 387 g/mol. The summed E-state index contributed by atoms with van der Waals surface area (Å²) < 4.78 is 5.13. The number of anilines is 1. The summed E-state index contributed by atoms with van der Waals surface area (Å²) in [6.45, 7) is 6.42. The number of ether oxygens (including phenoxy) is 1. The summed E-state index contributed by atoms with van der Waals surface area (Å²) in [6.07, 6.45) is 0.677. The van der Waals surface area contributed by atoms with Crippen molar-refractivity contribution in [2.45, 2.75) is 52.2 Å². The molecule has 0 aromatic heterocycles. The lowest BCUT2D eigenvalue weighted by atomic mass is 9.96. The van der Waals surface area contributed by atoms with E-state index in [2.05, 4.69) is 10.6 Å². The van der Waals surface area contributed by atoms with Gasteiger partial charge in [0.05, 0.1) is 0 Å². The fraction of sp³-hybridized carbons (Fsp3) is 0.500. The van der Waals surface area contributed by atoms with Crippen LogP contribution >= 0.6 is 0 Å². The summed E-state index contributed by atoms with van der Waals surface area (Å²) in [7, 11) is 0. The van der Waals surface area contributed by atoms with Crippen LogP contribution in [0.1, 0.15) is 37.8 Å². The SMILES string of the molecule is Cc1ccc(NC(=O)[C@@H](C)OC(=O)CN2C(=O)N[C@](C)(C3CC3)C2=O)c(C)c1. The molecule has 8 nitrogen and oxygen atoms in total. The molecule has 2 atom stereocenters. The van der Waals surface area contributed by atoms with Crippen molar-refractivity contribution in [1.29, 1.82) is 0 Å². The molecule has 8 heteroatoms. The smallest absolute Gasteiger partial charge is 0.327 e. The Hall–Kier alpha value is -2.90. The van der Waals surface area contributed by atoms with Gasteiger partial charge in [-0.25, -0.2) is 4.79 Å². The Balaban J connectivity index is 1.56. The number of aryl methyl sites for hydroxylation is 2. The highest BCUT2D eigenvalue weighted by Crippen LogP contribution is 2.42. The van der Waals surface area contributed by atoms with E-state index in [9.17, 15) is 19.2 Å². The zero-order chi connectivity index (χ0) is 20.6. The minimum atomic E-state index is -1.07. The van der Waals surface area contributed by atoms with Gasteiger partial charge < -0.3 is 15.4 Å². The number of urea groups is 1. The van der Waals surface area contributed by atoms with Crippen LogP contribution in [-0.2, 0) is 19.1 Å². The summed E-state index contributed by atoms with van der Waals surface area (Å²) in [5, 5.41) is 5.38. The molecule has 1 aromatic rings. The zero-order valence-electron chi connectivity index (χ0n) is 16.5. The Kier molecular flexibility index (Phi) is 5.14. The maximum absolute atomic E-state index is 12.5. The standard InChI is InChI=1S/C20H25N3O5/c1-11-5-8-15(12(2)9-11)21-17(25)13(3)28-16(24)10-23-18(26)20(4,14-6-7-14)22-19(23)27/h5,8-9,13-14H,6-7,10H2,1-4H3,(H,21,25)(H,22,27)/t13-,20-/m1/s1. The van der Waals surface area contributed by atoms with Crippen LogP contribution in [-0.4, -0.2) is 46.9 Å². The number of rotatable bonds is 6. The molecule has 3 rings (SSSR count). The van der Waals surface area contributed by atoms with Crippen molar-refractivity contribution < 1.29 is 23.9 Å². The van der Waals surface area contributed by atoms with E-state index in [1.54, 1.807) is 13.0 Å². The molecular weight excluding hydrogens is 362 g/mol. The molecule has 1 aliphatic carbocycles. The van der Waals surface area contributed by atoms with Crippen molar-refractivity contribution in [3.05, 3.63) is 29.3 Å². The van der Waals surface area contributed by atoms with Gasteiger partial charge in [-0.15, -0.1) is 0 Å². The molecule has 1 aromatic carbocycles. The number of nitrogens with one attached hydrogen (secondary N) is 2. The van der Waals surface area contributed by atoms with Gasteiger partial charge >= 0.3 is 12.0 Å². The normalized spacial score (nSPS) is 22.6. The van der Waals surface area contributed by atoms with Gasteiger partial charge in [-0.2, -0.15) is 0 Å². The lowest BCUT2D eigenvalue weighted by Gasteiger charge is -2.21. The molecule has 2 aliphatic rings. The van der Waals surface area contributed by atoms with Gasteiger partial charge in [0.1, 0.15) is 12.1 Å². The Morgan fingerprint density at radius 3 is 2.61 bits per heavy atom. The molecule has 2 fully saturated rings. The van der Waals surface area contributed by atoms with Crippen LogP contribution in [0.4, 0.5) is 10.5 Å². The van der Waals surface area contributed by atoms with Crippen molar-refractivity contribution in [3.8, 4) is 0 Å². The topological polar surface area (TPSA) is 105 Å². The lowest BCUT2D eigenvalue weighted by Crippen LogP contribution is -2.46. The van der Waals surface area contributed by atoms with E-state index in [1.807, 2.05) is 26.0 Å². The van der Waals surface area contributed by atoms with Gasteiger partial charge in [0.2, 0.25) is 0 Å². The van der Waals surface area contributed by atoms with Crippen molar-refractivity contribution >= 4 is 29.5 Å².